The van der Waals surface area contributed by atoms with Crippen molar-refractivity contribution in [2.75, 3.05) is 12.5 Å². The quantitative estimate of drug-likeness (QED) is 0.315. The first-order valence-corrected chi connectivity index (χ1v) is 13.1. The zero-order valence-corrected chi connectivity index (χ0v) is 20.4. The van der Waals surface area contributed by atoms with Gasteiger partial charge in [-0.15, -0.1) is 0 Å². The molecule has 10 nitrogen and oxygen atoms in total. The molecule has 0 aromatic heterocycles. The summed E-state index contributed by atoms with van der Waals surface area (Å²) in [7, 11) is -6.80. The van der Waals surface area contributed by atoms with Crippen LogP contribution in [0.3, 0.4) is 0 Å². The van der Waals surface area contributed by atoms with Gasteiger partial charge in [-0.3, -0.25) is 0 Å². The fourth-order valence-corrected chi connectivity index (χ4v) is 5.18. The number of hydrogen-bond donors (Lipinski definition) is 2. The number of ether oxygens (including phenoxy) is 2. The molecule has 2 atom stereocenters. The van der Waals surface area contributed by atoms with Crippen LogP contribution in [-0.2, 0) is 39.1 Å². The molecule has 0 aliphatic rings. The Hall–Kier alpha value is -1.50. The van der Waals surface area contributed by atoms with Crippen LogP contribution in [0, 0.1) is 0 Å². The van der Waals surface area contributed by atoms with E-state index in [4.69, 9.17) is 9.47 Å². The Bertz CT molecular complexity index is 845. The van der Waals surface area contributed by atoms with Crippen LogP contribution in [0.25, 0.3) is 0 Å². The van der Waals surface area contributed by atoms with Crippen LogP contribution in [0.4, 0.5) is 0 Å². The molecule has 0 saturated heterocycles. The number of esters is 2. The summed E-state index contributed by atoms with van der Waals surface area (Å²) in [6.07, 6.45) is 3.79. The van der Waals surface area contributed by atoms with E-state index in [1.807, 2.05) is 0 Å². The lowest BCUT2D eigenvalue weighted by Gasteiger charge is -2.34. The number of rotatable bonds is 12. The van der Waals surface area contributed by atoms with Crippen LogP contribution < -0.4 is 9.44 Å². The smallest absolute Gasteiger partial charge is 0.331 e. The maximum Gasteiger partial charge on any atom is 0.331 e. The van der Waals surface area contributed by atoms with Crippen LogP contribution in [-0.4, -0.2) is 64.6 Å². The molecule has 0 aromatic carbocycles. The van der Waals surface area contributed by atoms with Gasteiger partial charge in [0, 0.05) is 36.6 Å². The third-order valence-electron chi connectivity index (χ3n) is 3.48. The van der Waals surface area contributed by atoms with Gasteiger partial charge < -0.3 is 9.47 Å². The second-order valence-corrected chi connectivity index (χ2v) is 12.3. The lowest BCUT2D eigenvalue weighted by molar-refractivity contribution is -0.152. The average Bonchev–Trinajstić information content (AvgIpc) is 2.37. The van der Waals surface area contributed by atoms with E-state index < -0.39 is 55.3 Å². The van der Waals surface area contributed by atoms with E-state index in [1.54, 1.807) is 41.5 Å². The summed E-state index contributed by atoms with van der Waals surface area (Å²) in [4.78, 5) is 23.9. The maximum absolute atomic E-state index is 12.0. The molecule has 0 aliphatic heterocycles. The monoisotopic (exact) mass is 470 g/mol. The summed E-state index contributed by atoms with van der Waals surface area (Å²) >= 11 is 0. The summed E-state index contributed by atoms with van der Waals surface area (Å²) in [5.41, 5.74) is -1.86. The van der Waals surface area contributed by atoms with Gasteiger partial charge in [-0.1, -0.05) is 0 Å². The molecule has 0 radical (unpaired) electrons. The van der Waals surface area contributed by atoms with Crippen molar-refractivity contribution in [3.8, 4) is 0 Å². The third-order valence-corrected chi connectivity index (χ3v) is 5.23. The highest BCUT2D eigenvalue weighted by Crippen LogP contribution is 2.24. The summed E-state index contributed by atoms with van der Waals surface area (Å²) < 4.78 is 60.5. The molecular weight excluding hydrogens is 436 g/mol. The SMILES string of the molecule is CC(CC(C)OC(=O)/C=C/C(=O)OC(C)(C)CC(C)(C)NS(C)(=O)=O)NS(C)(=O)=O. The van der Waals surface area contributed by atoms with Gasteiger partial charge in [-0.05, 0) is 41.5 Å². The minimum Gasteiger partial charge on any atom is -0.459 e. The van der Waals surface area contributed by atoms with E-state index >= 15 is 0 Å². The molecule has 2 unspecified atom stereocenters. The lowest BCUT2D eigenvalue weighted by Crippen LogP contribution is -2.48. The minimum absolute atomic E-state index is 0.194. The van der Waals surface area contributed by atoms with Crippen molar-refractivity contribution in [2.45, 2.75) is 77.7 Å². The molecule has 176 valence electrons. The van der Waals surface area contributed by atoms with E-state index in [2.05, 4.69) is 9.44 Å². The normalized spacial score (nSPS) is 15.6. The topological polar surface area (TPSA) is 145 Å². The highest BCUT2D eigenvalue weighted by molar-refractivity contribution is 7.89. The molecule has 2 N–H and O–H groups in total. The van der Waals surface area contributed by atoms with Crippen LogP contribution in [0.2, 0.25) is 0 Å². The van der Waals surface area contributed by atoms with Gasteiger partial charge in [-0.2, -0.15) is 0 Å². The van der Waals surface area contributed by atoms with Crippen molar-refractivity contribution in [3.05, 3.63) is 12.2 Å². The van der Waals surface area contributed by atoms with Gasteiger partial charge in [0.05, 0.1) is 12.5 Å². The molecule has 0 spiro atoms. The fraction of sp³-hybridized carbons (Fsp3) is 0.778. The largest absolute Gasteiger partial charge is 0.459 e. The molecular formula is C18H34N2O8S2. The number of carbonyl (C=O) groups is 2. The summed E-state index contributed by atoms with van der Waals surface area (Å²) in [6, 6.07) is -0.429. The highest BCUT2D eigenvalue weighted by Gasteiger charge is 2.33. The average molecular weight is 471 g/mol. The Kier molecular flexibility index (Phi) is 10.2. The van der Waals surface area contributed by atoms with Gasteiger partial charge in [0.25, 0.3) is 0 Å². The molecule has 12 heteroatoms. The van der Waals surface area contributed by atoms with Gasteiger partial charge in [0.2, 0.25) is 20.0 Å². The molecule has 0 aliphatic carbocycles. The van der Waals surface area contributed by atoms with Gasteiger partial charge >= 0.3 is 11.9 Å². The molecule has 0 fully saturated rings. The van der Waals surface area contributed by atoms with Crippen LogP contribution in [0.5, 0.6) is 0 Å². The van der Waals surface area contributed by atoms with Crippen molar-refractivity contribution < 1.29 is 35.9 Å². The molecule has 0 bridgehead atoms. The molecule has 0 saturated carbocycles. The number of carbonyl (C=O) groups excluding carboxylic acids is 2. The number of sulfonamides is 2. The van der Waals surface area contributed by atoms with Crippen molar-refractivity contribution in [2.24, 2.45) is 0 Å². The number of hydrogen-bond acceptors (Lipinski definition) is 8. The third kappa shape index (κ3) is 15.4. The predicted molar refractivity (Wildman–Crippen MR) is 114 cm³/mol. The Balaban J connectivity index is 4.69. The van der Waals surface area contributed by atoms with E-state index in [-0.39, 0.29) is 12.8 Å². The predicted octanol–water partition coefficient (Wildman–Crippen LogP) is 0.842. The fourth-order valence-electron chi connectivity index (χ4n) is 3.28. The molecule has 0 heterocycles. The second-order valence-electron chi connectivity index (χ2n) is 8.72. The molecule has 30 heavy (non-hydrogen) atoms. The first-order valence-electron chi connectivity index (χ1n) is 9.28. The van der Waals surface area contributed by atoms with Crippen LogP contribution in [0.15, 0.2) is 12.2 Å². The lowest BCUT2D eigenvalue weighted by atomic mass is 9.90. The van der Waals surface area contributed by atoms with Crippen LogP contribution >= 0.6 is 0 Å². The standard InChI is InChI=1S/C18H34N2O8S2/c1-13(19-29(7,23)24)11-14(2)27-15(21)9-10-16(22)28-18(5,6)12-17(3,4)20-30(8,25)26/h9-10,13-14,19-20H,11-12H2,1-8H3/b10-9+. The zero-order chi connectivity index (χ0) is 24.0. The van der Waals surface area contributed by atoms with Gasteiger partial charge in [0.1, 0.15) is 11.7 Å². The van der Waals surface area contributed by atoms with Crippen molar-refractivity contribution >= 4 is 32.0 Å². The summed E-state index contributed by atoms with van der Waals surface area (Å²) in [5, 5.41) is 0. The van der Waals surface area contributed by atoms with Crippen LogP contribution in [0.1, 0.15) is 54.4 Å². The van der Waals surface area contributed by atoms with E-state index in [1.165, 1.54) is 0 Å². The summed E-state index contributed by atoms with van der Waals surface area (Å²) in [6.45, 7) is 9.82. The summed E-state index contributed by atoms with van der Waals surface area (Å²) in [5.74, 6) is -1.56. The van der Waals surface area contributed by atoms with E-state index in [0.29, 0.717) is 0 Å². The Labute approximate surface area is 179 Å². The van der Waals surface area contributed by atoms with Crippen molar-refractivity contribution in [1.82, 2.24) is 9.44 Å². The van der Waals surface area contributed by atoms with Crippen molar-refractivity contribution in [3.63, 3.8) is 0 Å². The molecule has 0 rings (SSSR count). The minimum atomic E-state index is -3.44. The first-order chi connectivity index (χ1) is 13.2. The van der Waals surface area contributed by atoms with Crippen molar-refractivity contribution in [1.29, 1.82) is 0 Å². The molecule has 0 amide bonds. The molecule has 0 aromatic rings. The Morgan fingerprint density at radius 3 is 1.90 bits per heavy atom. The van der Waals surface area contributed by atoms with E-state index in [0.717, 1.165) is 24.7 Å². The second kappa shape index (κ2) is 10.7. The Morgan fingerprint density at radius 2 is 1.43 bits per heavy atom. The van der Waals surface area contributed by atoms with Gasteiger partial charge in [-0.25, -0.2) is 35.9 Å². The first kappa shape index (κ1) is 28.5. The maximum atomic E-state index is 12.0. The van der Waals surface area contributed by atoms with E-state index in [9.17, 15) is 26.4 Å². The zero-order valence-electron chi connectivity index (χ0n) is 18.8. The Morgan fingerprint density at radius 1 is 0.933 bits per heavy atom. The number of nitrogens with one attached hydrogen (secondary N) is 2. The van der Waals surface area contributed by atoms with Gasteiger partial charge in [0.15, 0.2) is 0 Å². The highest BCUT2D eigenvalue weighted by atomic mass is 32.2.